The van der Waals surface area contributed by atoms with Crippen LogP contribution in [0.3, 0.4) is 0 Å². The van der Waals surface area contributed by atoms with Gasteiger partial charge in [-0.25, -0.2) is 9.97 Å². The molecule has 0 spiro atoms. The van der Waals surface area contributed by atoms with Crippen LogP contribution < -0.4 is 5.32 Å². The van der Waals surface area contributed by atoms with Crippen LogP contribution in [0.4, 0.5) is 0 Å². The number of nitrogens with one attached hydrogen (secondary N) is 1. The molecule has 0 saturated heterocycles. The van der Waals surface area contributed by atoms with Crippen molar-refractivity contribution in [3.63, 3.8) is 0 Å². The zero-order valence-electron chi connectivity index (χ0n) is 12.2. The predicted molar refractivity (Wildman–Crippen MR) is 76.6 cm³/mol. The Morgan fingerprint density at radius 1 is 1.45 bits per heavy atom. The van der Waals surface area contributed by atoms with Crippen LogP contribution in [0.25, 0.3) is 0 Å². The molecule has 0 unspecified atom stereocenters. The van der Waals surface area contributed by atoms with Crippen molar-refractivity contribution in [2.24, 2.45) is 0 Å². The van der Waals surface area contributed by atoms with E-state index < -0.39 is 0 Å². The van der Waals surface area contributed by atoms with E-state index in [-0.39, 0.29) is 5.91 Å². The molecule has 20 heavy (non-hydrogen) atoms. The van der Waals surface area contributed by atoms with Gasteiger partial charge in [-0.1, -0.05) is 0 Å². The Hall–Kier alpha value is -1.49. The number of aromatic nitrogens is 2. The molecule has 1 amide bonds. The highest BCUT2D eigenvalue weighted by atomic mass is 16.1. The lowest BCUT2D eigenvalue weighted by molar-refractivity contribution is 0.0934. The van der Waals surface area contributed by atoms with E-state index in [1.165, 1.54) is 12.8 Å². The van der Waals surface area contributed by atoms with Gasteiger partial charge in [-0.2, -0.15) is 0 Å². The van der Waals surface area contributed by atoms with Crippen LogP contribution in [0.2, 0.25) is 0 Å². The summed E-state index contributed by atoms with van der Waals surface area (Å²) in [7, 11) is 2.13. The maximum atomic E-state index is 12.1. The third-order valence-electron chi connectivity index (χ3n) is 4.23. The summed E-state index contributed by atoms with van der Waals surface area (Å²) in [5.41, 5.74) is 0.489. The number of nitrogens with zero attached hydrogens (tertiary/aromatic N) is 3. The minimum atomic E-state index is -0.0923. The van der Waals surface area contributed by atoms with E-state index in [0.717, 1.165) is 18.7 Å². The second kappa shape index (κ2) is 5.48. The topological polar surface area (TPSA) is 58.1 Å². The minimum Gasteiger partial charge on any atom is -0.349 e. The number of carbonyl (C=O) groups excluding carboxylic acids is 1. The number of carbonyl (C=O) groups is 1. The summed E-state index contributed by atoms with van der Waals surface area (Å²) >= 11 is 0. The summed E-state index contributed by atoms with van der Waals surface area (Å²) in [5.74, 6) is 1.20. The van der Waals surface area contributed by atoms with Gasteiger partial charge in [-0.05, 0) is 45.7 Å². The molecule has 0 bridgehead atoms. The maximum absolute atomic E-state index is 12.1. The largest absolute Gasteiger partial charge is 0.349 e. The van der Waals surface area contributed by atoms with Gasteiger partial charge in [-0.3, -0.25) is 9.69 Å². The first kappa shape index (κ1) is 13.5. The first-order valence-electron chi connectivity index (χ1n) is 7.48. The zero-order chi connectivity index (χ0) is 14.1. The fourth-order valence-corrected chi connectivity index (χ4v) is 2.36. The second-order valence-electron chi connectivity index (χ2n) is 6.03. The molecular formula is C15H22N4O. The molecule has 3 rings (SSSR count). The van der Waals surface area contributed by atoms with Gasteiger partial charge in [-0.15, -0.1) is 0 Å². The molecule has 2 saturated carbocycles. The number of likely N-dealkylation sites (N-methyl/N-ethyl adjacent to an activating group) is 1. The fourth-order valence-electron chi connectivity index (χ4n) is 2.36. The molecule has 2 aliphatic carbocycles. The Labute approximate surface area is 119 Å². The lowest BCUT2D eigenvalue weighted by Crippen LogP contribution is -2.41. The smallest absolute Gasteiger partial charge is 0.270 e. The van der Waals surface area contributed by atoms with E-state index in [0.29, 0.717) is 30.2 Å². The van der Waals surface area contributed by atoms with Crippen LogP contribution in [0.1, 0.15) is 54.8 Å². The van der Waals surface area contributed by atoms with E-state index >= 15 is 0 Å². The maximum Gasteiger partial charge on any atom is 0.270 e. The SMILES string of the molecule is C[C@H](CNC(=O)c1ccnc(C2CC2)n1)N(C)C1CC1. The van der Waals surface area contributed by atoms with Gasteiger partial charge in [0, 0.05) is 30.7 Å². The number of hydrogen-bond acceptors (Lipinski definition) is 4. The van der Waals surface area contributed by atoms with E-state index in [1.54, 1.807) is 12.3 Å². The van der Waals surface area contributed by atoms with Gasteiger partial charge in [0.2, 0.25) is 0 Å². The van der Waals surface area contributed by atoms with E-state index in [4.69, 9.17) is 0 Å². The van der Waals surface area contributed by atoms with Crippen molar-refractivity contribution < 1.29 is 4.79 Å². The van der Waals surface area contributed by atoms with Crippen molar-refractivity contribution in [3.05, 3.63) is 23.8 Å². The van der Waals surface area contributed by atoms with Crippen molar-refractivity contribution >= 4 is 5.91 Å². The molecule has 5 nitrogen and oxygen atoms in total. The van der Waals surface area contributed by atoms with E-state index in [1.807, 2.05) is 0 Å². The van der Waals surface area contributed by atoms with Crippen LogP contribution in [0.15, 0.2) is 12.3 Å². The third-order valence-corrected chi connectivity index (χ3v) is 4.23. The lowest BCUT2D eigenvalue weighted by atomic mass is 10.2. The number of amides is 1. The Balaban J connectivity index is 1.54. The third kappa shape index (κ3) is 3.15. The van der Waals surface area contributed by atoms with E-state index in [9.17, 15) is 4.79 Å². The first-order valence-corrected chi connectivity index (χ1v) is 7.48. The quantitative estimate of drug-likeness (QED) is 0.855. The monoisotopic (exact) mass is 274 g/mol. The molecule has 0 aliphatic heterocycles. The molecule has 5 heteroatoms. The van der Waals surface area contributed by atoms with Crippen LogP contribution in [-0.4, -0.2) is 46.5 Å². The Bertz CT molecular complexity index is 496. The number of rotatable bonds is 6. The summed E-state index contributed by atoms with van der Waals surface area (Å²) < 4.78 is 0. The molecule has 0 radical (unpaired) electrons. The average molecular weight is 274 g/mol. The predicted octanol–water partition coefficient (Wildman–Crippen LogP) is 1.57. The average Bonchev–Trinajstić information content (AvgIpc) is 3.34. The molecule has 1 atom stereocenters. The molecule has 1 heterocycles. The standard InChI is InChI=1S/C15H22N4O/c1-10(19(2)12-5-6-12)9-17-15(20)13-7-8-16-14(18-13)11-3-4-11/h7-8,10-12H,3-6,9H2,1-2H3,(H,17,20)/t10-/m1/s1. The van der Waals surface area contributed by atoms with Crippen molar-refractivity contribution in [3.8, 4) is 0 Å². The zero-order valence-corrected chi connectivity index (χ0v) is 12.2. The highest BCUT2D eigenvalue weighted by molar-refractivity contribution is 5.92. The van der Waals surface area contributed by atoms with Gasteiger partial charge in [0.1, 0.15) is 11.5 Å². The summed E-state index contributed by atoms with van der Waals surface area (Å²) in [6, 6.07) is 2.76. The molecule has 1 N–H and O–H groups in total. The van der Waals surface area contributed by atoms with Crippen molar-refractivity contribution in [1.29, 1.82) is 0 Å². The fraction of sp³-hybridized carbons (Fsp3) is 0.667. The molecule has 2 fully saturated rings. The van der Waals surface area contributed by atoms with E-state index in [2.05, 4.69) is 34.2 Å². The van der Waals surface area contributed by atoms with Crippen LogP contribution in [-0.2, 0) is 0 Å². The molecular weight excluding hydrogens is 252 g/mol. The van der Waals surface area contributed by atoms with Crippen LogP contribution in [0, 0.1) is 0 Å². The minimum absolute atomic E-state index is 0.0923. The van der Waals surface area contributed by atoms with Crippen LogP contribution >= 0.6 is 0 Å². The van der Waals surface area contributed by atoms with Gasteiger partial charge >= 0.3 is 0 Å². The summed E-state index contributed by atoms with van der Waals surface area (Å²) in [4.78, 5) is 23.1. The highest BCUT2D eigenvalue weighted by Gasteiger charge is 2.29. The molecule has 1 aromatic heterocycles. The highest BCUT2D eigenvalue weighted by Crippen LogP contribution is 2.37. The second-order valence-corrected chi connectivity index (χ2v) is 6.03. The Kier molecular flexibility index (Phi) is 3.70. The molecule has 1 aromatic rings. The Morgan fingerprint density at radius 2 is 2.20 bits per heavy atom. The summed E-state index contributed by atoms with van der Waals surface area (Å²) in [6.07, 6.45) is 6.55. The molecule has 0 aromatic carbocycles. The molecule has 2 aliphatic rings. The van der Waals surface area contributed by atoms with Gasteiger partial charge in [0.25, 0.3) is 5.91 Å². The van der Waals surface area contributed by atoms with Crippen molar-refractivity contribution in [2.75, 3.05) is 13.6 Å². The first-order chi connectivity index (χ1) is 9.65. The molecule has 108 valence electrons. The Morgan fingerprint density at radius 3 is 2.85 bits per heavy atom. The number of hydrogen-bond donors (Lipinski definition) is 1. The summed E-state index contributed by atoms with van der Waals surface area (Å²) in [6.45, 7) is 2.81. The van der Waals surface area contributed by atoms with Crippen LogP contribution in [0.5, 0.6) is 0 Å². The summed E-state index contributed by atoms with van der Waals surface area (Å²) in [5, 5.41) is 2.98. The van der Waals surface area contributed by atoms with Gasteiger partial charge < -0.3 is 5.32 Å². The normalized spacial score (nSPS) is 19.9. The lowest BCUT2D eigenvalue weighted by Gasteiger charge is -2.24. The van der Waals surface area contributed by atoms with Gasteiger partial charge in [0.05, 0.1) is 0 Å². The van der Waals surface area contributed by atoms with Crippen molar-refractivity contribution in [2.45, 2.75) is 50.6 Å². The van der Waals surface area contributed by atoms with Crippen molar-refractivity contribution in [1.82, 2.24) is 20.2 Å². The van der Waals surface area contributed by atoms with Gasteiger partial charge in [0.15, 0.2) is 0 Å².